The Bertz CT molecular complexity index is 1030. The predicted molar refractivity (Wildman–Crippen MR) is 85.7 cm³/mol. The highest BCUT2D eigenvalue weighted by Gasteiger charge is 2.23. The topological polar surface area (TPSA) is 124 Å². The SMILES string of the molecule is Cc1c(S(N)(=O)=O)c(CNC(=O)c2ncc3ccccn23)nn1C. The molecule has 0 spiro atoms. The van der Waals surface area contributed by atoms with Crippen molar-refractivity contribution in [2.45, 2.75) is 18.4 Å². The number of aromatic nitrogens is 4. The Labute approximate surface area is 138 Å². The number of nitrogens with one attached hydrogen (secondary N) is 1. The molecule has 0 fully saturated rings. The summed E-state index contributed by atoms with van der Waals surface area (Å²) in [4.78, 5) is 16.3. The van der Waals surface area contributed by atoms with Crippen molar-refractivity contribution in [1.29, 1.82) is 0 Å². The lowest BCUT2D eigenvalue weighted by molar-refractivity contribution is 0.0939. The number of rotatable bonds is 4. The Morgan fingerprint density at radius 3 is 2.83 bits per heavy atom. The summed E-state index contributed by atoms with van der Waals surface area (Å²) in [6.45, 7) is 1.52. The first-order chi connectivity index (χ1) is 11.3. The summed E-state index contributed by atoms with van der Waals surface area (Å²) in [6.07, 6.45) is 3.30. The molecule has 3 rings (SSSR count). The zero-order chi connectivity index (χ0) is 17.5. The van der Waals surface area contributed by atoms with E-state index < -0.39 is 15.9 Å². The van der Waals surface area contributed by atoms with E-state index >= 15 is 0 Å². The highest BCUT2D eigenvalue weighted by atomic mass is 32.2. The number of hydrogen-bond acceptors (Lipinski definition) is 5. The average Bonchev–Trinajstić information content (AvgIpc) is 3.06. The van der Waals surface area contributed by atoms with Crippen LogP contribution in [0.15, 0.2) is 35.5 Å². The van der Waals surface area contributed by atoms with Gasteiger partial charge in [0, 0.05) is 13.2 Å². The molecule has 0 saturated heterocycles. The second-order valence-corrected chi connectivity index (χ2v) is 6.79. The van der Waals surface area contributed by atoms with Gasteiger partial charge in [0.25, 0.3) is 5.91 Å². The van der Waals surface area contributed by atoms with Crippen LogP contribution in [-0.2, 0) is 23.6 Å². The second-order valence-electron chi connectivity index (χ2n) is 5.29. The molecule has 0 aromatic carbocycles. The van der Waals surface area contributed by atoms with E-state index in [1.165, 1.54) is 4.68 Å². The van der Waals surface area contributed by atoms with Gasteiger partial charge in [-0.15, -0.1) is 0 Å². The normalized spacial score (nSPS) is 11.8. The minimum Gasteiger partial charge on any atom is -0.344 e. The zero-order valence-corrected chi connectivity index (χ0v) is 13.9. The standard InChI is InChI=1S/C14H16N6O3S/c1-9-12(24(15,22)23)11(18-19(9)2)8-17-14(21)13-16-7-10-5-3-4-6-20(10)13/h3-7H,8H2,1-2H3,(H,17,21)(H2,15,22,23). The van der Waals surface area contributed by atoms with E-state index in [0.717, 1.165) is 5.52 Å². The van der Waals surface area contributed by atoms with Crippen molar-refractivity contribution in [3.63, 3.8) is 0 Å². The van der Waals surface area contributed by atoms with Gasteiger partial charge in [-0.1, -0.05) is 6.07 Å². The predicted octanol–water partition coefficient (Wildman–Crippen LogP) is -0.0464. The fourth-order valence-corrected chi connectivity index (χ4v) is 3.48. The maximum absolute atomic E-state index is 12.3. The van der Waals surface area contributed by atoms with Gasteiger partial charge in [-0.25, -0.2) is 18.5 Å². The fourth-order valence-electron chi connectivity index (χ4n) is 2.50. The number of carbonyl (C=O) groups is 1. The molecular weight excluding hydrogens is 332 g/mol. The van der Waals surface area contributed by atoms with Crippen LogP contribution in [0, 0.1) is 6.92 Å². The third-order valence-corrected chi connectivity index (χ3v) is 4.79. The molecule has 9 nitrogen and oxygen atoms in total. The molecule has 0 aliphatic heterocycles. The maximum atomic E-state index is 12.3. The van der Waals surface area contributed by atoms with Crippen LogP contribution in [0.25, 0.3) is 5.52 Å². The smallest absolute Gasteiger partial charge is 0.287 e. The van der Waals surface area contributed by atoms with Crippen LogP contribution in [0.1, 0.15) is 22.0 Å². The van der Waals surface area contributed by atoms with Crippen LogP contribution in [0.2, 0.25) is 0 Å². The van der Waals surface area contributed by atoms with Gasteiger partial charge in [0.15, 0.2) is 0 Å². The molecule has 0 bridgehead atoms. The molecule has 1 amide bonds. The molecule has 0 radical (unpaired) electrons. The number of nitrogens with two attached hydrogens (primary N) is 1. The number of nitrogens with zero attached hydrogens (tertiary/aromatic N) is 4. The molecule has 0 aliphatic carbocycles. The van der Waals surface area contributed by atoms with Gasteiger partial charge in [-0.05, 0) is 19.1 Å². The molecule has 0 saturated carbocycles. The number of sulfonamides is 1. The van der Waals surface area contributed by atoms with Crippen LogP contribution >= 0.6 is 0 Å². The lowest BCUT2D eigenvalue weighted by Crippen LogP contribution is -2.26. The van der Waals surface area contributed by atoms with Crippen molar-refractivity contribution >= 4 is 21.4 Å². The van der Waals surface area contributed by atoms with Crippen LogP contribution in [0.4, 0.5) is 0 Å². The van der Waals surface area contributed by atoms with E-state index in [9.17, 15) is 13.2 Å². The number of amides is 1. The molecule has 0 aliphatic rings. The fraction of sp³-hybridized carbons (Fsp3) is 0.214. The average molecular weight is 348 g/mol. The Morgan fingerprint density at radius 2 is 2.12 bits per heavy atom. The van der Waals surface area contributed by atoms with Crippen LogP contribution in [0.3, 0.4) is 0 Å². The number of primary sulfonamides is 1. The summed E-state index contributed by atoms with van der Waals surface area (Å²) in [5.74, 6) is -0.236. The molecule has 3 N–H and O–H groups in total. The van der Waals surface area contributed by atoms with Crippen LogP contribution in [0.5, 0.6) is 0 Å². The van der Waals surface area contributed by atoms with Crippen molar-refractivity contribution in [3.05, 3.63) is 47.8 Å². The molecular formula is C14H16N6O3S. The van der Waals surface area contributed by atoms with E-state index in [0.29, 0.717) is 5.69 Å². The molecule has 24 heavy (non-hydrogen) atoms. The van der Waals surface area contributed by atoms with Gasteiger partial charge in [-0.2, -0.15) is 5.10 Å². The third-order valence-electron chi connectivity index (χ3n) is 3.69. The van der Waals surface area contributed by atoms with Crippen molar-refractivity contribution in [1.82, 2.24) is 24.5 Å². The summed E-state index contributed by atoms with van der Waals surface area (Å²) < 4.78 is 26.5. The second kappa shape index (κ2) is 5.73. The number of pyridine rings is 1. The van der Waals surface area contributed by atoms with Gasteiger partial charge in [0.2, 0.25) is 15.8 Å². The minimum absolute atomic E-state index is 0.0710. The third kappa shape index (κ3) is 2.76. The molecule has 3 aromatic rings. The lowest BCUT2D eigenvalue weighted by Gasteiger charge is -2.04. The van der Waals surface area contributed by atoms with Crippen LogP contribution < -0.4 is 10.5 Å². The quantitative estimate of drug-likeness (QED) is 0.684. The van der Waals surface area contributed by atoms with Crippen molar-refractivity contribution in [2.24, 2.45) is 12.2 Å². The Balaban J connectivity index is 1.87. The highest BCUT2D eigenvalue weighted by molar-refractivity contribution is 7.89. The van der Waals surface area contributed by atoms with Crippen LogP contribution in [-0.4, -0.2) is 33.5 Å². The molecule has 0 unspecified atom stereocenters. The van der Waals surface area contributed by atoms with Gasteiger partial charge in [-0.3, -0.25) is 13.9 Å². The van der Waals surface area contributed by atoms with E-state index in [1.54, 1.807) is 36.8 Å². The van der Waals surface area contributed by atoms with Gasteiger partial charge < -0.3 is 5.32 Å². The largest absolute Gasteiger partial charge is 0.344 e. The summed E-state index contributed by atoms with van der Waals surface area (Å²) >= 11 is 0. The van der Waals surface area contributed by atoms with E-state index in [2.05, 4.69) is 15.4 Å². The van der Waals surface area contributed by atoms with Gasteiger partial charge in [0.05, 0.1) is 24.0 Å². The first kappa shape index (κ1) is 16.1. The molecule has 3 heterocycles. The highest BCUT2D eigenvalue weighted by Crippen LogP contribution is 2.17. The molecule has 10 heteroatoms. The minimum atomic E-state index is -3.94. The maximum Gasteiger partial charge on any atom is 0.287 e. The molecule has 126 valence electrons. The lowest BCUT2D eigenvalue weighted by atomic mass is 10.3. The molecule has 3 aromatic heterocycles. The number of aryl methyl sites for hydroxylation is 1. The zero-order valence-electron chi connectivity index (χ0n) is 13.1. The number of fused-ring (bicyclic) bond motifs is 1. The van der Waals surface area contributed by atoms with E-state index in [1.807, 2.05) is 12.1 Å². The summed E-state index contributed by atoms with van der Waals surface area (Å²) in [7, 11) is -2.33. The van der Waals surface area contributed by atoms with Gasteiger partial charge >= 0.3 is 0 Å². The van der Waals surface area contributed by atoms with Crippen molar-refractivity contribution < 1.29 is 13.2 Å². The molecule has 0 atom stereocenters. The van der Waals surface area contributed by atoms with E-state index in [4.69, 9.17) is 5.14 Å². The van der Waals surface area contributed by atoms with Crippen molar-refractivity contribution in [3.8, 4) is 0 Å². The first-order valence-electron chi connectivity index (χ1n) is 7.04. The van der Waals surface area contributed by atoms with Gasteiger partial charge in [0.1, 0.15) is 10.6 Å². The Morgan fingerprint density at radius 1 is 1.38 bits per heavy atom. The number of imidazole rings is 1. The summed E-state index contributed by atoms with van der Waals surface area (Å²) in [5, 5.41) is 12.0. The number of carbonyl (C=O) groups excluding carboxylic acids is 1. The first-order valence-corrected chi connectivity index (χ1v) is 8.59. The van der Waals surface area contributed by atoms with E-state index in [-0.39, 0.29) is 23.0 Å². The Hall–Kier alpha value is -2.72. The Kier molecular flexibility index (Phi) is 3.85. The summed E-state index contributed by atoms with van der Waals surface area (Å²) in [6, 6.07) is 5.45. The summed E-state index contributed by atoms with van der Waals surface area (Å²) in [5.41, 5.74) is 1.38. The monoisotopic (exact) mass is 348 g/mol. The van der Waals surface area contributed by atoms with Crippen molar-refractivity contribution in [2.75, 3.05) is 0 Å². The number of hydrogen-bond donors (Lipinski definition) is 2.